The number of ether oxygens (including phenoxy) is 1. The van der Waals surface area contributed by atoms with Gasteiger partial charge in [-0.15, -0.1) is 0 Å². The topological polar surface area (TPSA) is 38.3 Å². The highest BCUT2D eigenvalue weighted by atomic mass is 16.5. The molecule has 0 saturated heterocycles. The van der Waals surface area contributed by atoms with Gasteiger partial charge in [0.1, 0.15) is 0 Å². The van der Waals surface area contributed by atoms with Crippen LogP contribution in [0.3, 0.4) is 0 Å². The first kappa shape index (κ1) is 61.4. The molecule has 0 spiro atoms. The second kappa shape index (κ2) is 41.8. The van der Waals surface area contributed by atoms with E-state index in [0.717, 1.165) is 25.9 Å². The lowest BCUT2D eigenvalue weighted by atomic mass is 9.73. The van der Waals surface area contributed by atoms with Crippen LogP contribution in [-0.4, -0.2) is 23.7 Å². The quantitative estimate of drug-likeness (QED) is 0.0619. The van der Waals surface area contributed by atoms with Crippen molar-refractivity contribution in [2.24, 2.45) is 17.3 Å². The third-order valence-electron chi connectivity index (χ3n) is 13.9. The number of carbonyl (C=O) groups is 1. The van der Waals surface area contributed by atoms with Crippen LogP contribution in [0.1, 0.15) is 339 Å². The van der Waals surface area contributed by atoms with Crippen molar-refractivity contribution in [2.75, 3.05) is 6.61 Å². The predicted octanol–water partition coefficient (Wildman–Crippen LogP) is 20.4. The van der Waals surface area contributed by atoms with Crippen LogP contribution in [0, 0.1) is 17.3 Å². The minimum atomic E-state index is -0.236. The highest BCUT2D eigenvalue weighted by molar-refractivity contribution is 5.77. The molecular weight excluding hydrogens is 755 g/mol. The highest BCUT2D eigenvalue weighted by Gasteiger charge is 2.35. The van der Waals surface area contributed by atoms with Crippen LogP contribution in [-0.2, 0) is 9.53 Å². The van der Waals surface area contributed by atoms with Crippen molar-refractivity contribution in [2.45, 2.75) is 350 Å². The maximum atomic E-state index is 13.7. The molecule has 1 N–H and O–H groups in total. The monoisotopic (exact) mass is 874 g/mol. The minimum Gasteiger partial charge on any atom is -0.376 e. The summed E-state index contributed by atoms with van der Waals surface area (Å²) in [5, 5.41) is 3.53. The van der Waals surface area contributed by atoms with Gasteiger partial charge in [-0.2, -0.15) is 0 Å². The standard InChI is InChI=1S/C59H119NO2/c1-11-13-15-17-19-21-23-25-27-29-31-33-35-37-39-41-43-45-47-55(48-46-44-42-40-38-36-34-32-30-28-26-24-22-20-18-16-14-12-2)51-56(61)60-58(7,8)52-57(5,6)53-59(9,10)62-50-49-54(3)4/h54-55H,11-53H2,1-10H3,(H,60,61). The smallest absolute Gasteiger partial charge is 0.220 e. The summed E-state index contributed by atoms with van der Waals surface area (Å²) in [6.07, 6.45) is 57.2. The molecule has 0 aliphatic heterocycles. The summed E-state index contributed by atoms with van der Waals surface area (Å²) in [5.41, 5.74) is -0.333. The fourth-order valence-electron chi connectivity index (χ4n) is 10.8. The van der Waals surface area contributed by atoms with E-state index in [4.69, 9.17) is 4.74 Å². The number of amides is 1. The first-order valence-electron chi connectivity index (χ1n) is 28.7. The van der Waals surface area contributed by atoms with Crippen molar-refractivity contribution in [3.05, 3.63) is 0 Å². The Labute approximate surface area is 393 Å². The summed E-state index contributed by atoms with van der Waals surface area (Å²) < 4.78 is 6.36. The SMILES string of the molecule is CCCCCCCCCCCCCCCCCCCCC(CCCCCCCCCCCCCCCCCCCC)CC(=O)NC(C)(C)CC(C)(C)CC(C)(C)OCCC(C)C. The number of hydrogen-bond donors (Lipinski definition) is 1. The van der Waals surface area contributed by atoms with E-state index in [-0.39, 0.29) is 22.5 Å². The van der Waals surface area contributed by atoms with Gasteiger partial charge in [0, 0.05) is 18.6 Å². The van der Waals surface area contributed by atoms with Crippen molar-refractivity contribution < 1.29 is 9.53 Å². The lowest BCUT2D eigenvalue weighted by Gasteiger charge is -2.40. The van der Waals surface area contributed by atoms with E-state index < -0.39 is 0 Å². The Morgan fingerprint density at radius 3 is 1.00 bits per heavy atom. The average Bonchev–Trinajstić information content (AvgIpc) is 3.18. The molecule has 1 amide bonds. The summed E-state index contributed by atoms with van der Waals surface area (Å²) in [6.45, 7) is 23.6. The average molecular weight is 875 g/mol. The van der Waals surface area contributed by atoms with Gasteiger partial charge in [-0.1, -0.05) is 273 Å². The van der Waals surface area contributed by atoms with Gasteiger partial charge in [0.15, 0.2) is 0 Å². The van der Waals surface area contributed by atoms with E-state index in [1.54, 1.807) is 0 Å². The molecule has 0 unspecified atom stereocenters. The molecule has 0 aromatic rings. The molecule has 0 fully saturated rings. The molecule has 0 saturated carbocycles. The van der Waals surface area contributed by atoms with Crippen molar-refractivity contribution >= 4 is 5.91 Å². The van der Waals surface area contributed by atoms with Gasteiger partial charge in [0.25, 0.3) is 0 Å². The Morgan fingerprint density at radius 1 is 0.419 bits per heavy atom. The number of rotatable bonds is 49. The molecule has 0 aromatic carbocycles. The van der Waals surface area contributed by atoms with Crippen LogP contribution in [0.4, 0.5) is 0 Å². The number of nitrogens with one attached hydrogen (secondary N) is 1. The molecular formula is C59H119NO2. The Kier molecular flexibility index (Phi) is 41.4. The number of unbranched alkanes of at least 4 members (excludes halogenated alkanes) is 34. The van der Waals surface area contributed by atoms with E-state index in [9.17, 15) is 4.79 Å². The molecule has 372 valence electrons. The largest absolute Gasteiger partial charge is 0.376 e. The maximum absolute atomic E-state index is 13.7. The van der Waals surface area contributed by atoms with Crippen LogP contribution in [0.25, 0.3) is 0 Å². The molecule has 0 heterocycles. The van der Waals surface area contributed by atoms with Crippen LogP contribution >= 0.6 is 0 Å². The van der Waals surface area contributed by atoms with Crippen LogP contribution in [0.2, 0.25) is 0 Å². The molecule has 62 heavy (non-hydrogen) atoms. The molecule has 0 aliphatic rings. The molecule has 0 radical (unpaired) electrons. The Morgan fingerprint density at radius 2 is 0.710 bits per heavy atom. The van der Waals surface area contributed by atoms with E-state index in [1.807, 2.05) is 0 Å². The fraction of sp³-hybridized carbons (Fsp3) is 0.983. The number of carbonyl (C=O) groups excluding carboxylic acids is 1. The fourth-order valence-corrected chi connectivity index (χ4v) is 10.8. The Hall–Kier alpha value is -0.570. The summed E-state index contributed by atoms with van der Waals surface area (Å²) >= 11 is 0. The van der Waals surface area contributed by atoms with Crippen molar-refractivity contribution in [1.82, 2.24) is 5.32 Å². The molecule has 0 rings (SSSR count). The normalized spacial score (nSPS) is 12.6. The molecule has 3 nitrogen and oxygen atoms in total. The van der Waals surface area contributed by atoms with Crippen molar-refractivity contribution in [3.8, 4) is 0 Å². The summed E-state index contributed by atoms with van der Waals surface area (Å²) in [4.78, 5) is 13.7. The third-order valence-corrected chi connectivity index (χ3v) is 13.9. The van der Waals surface area contributed by atoms with Crippen molar-refractivity contribution in [1.29, 1.82) is 0 Å². The van der Waals surface area contributed by atoms with E-state index in [2.05, 4.69) is 74.6 Å². The van der Waals surface area contributed by atoms with Gasteiger partial charge in [-0.05, 0) is 77.0 Å². The lowest BCUT2D eigenvalue weighted by molar-refractivity contribution is -0.124. The molecule has 0 aliphatic carbocycles. The summed E-state index contributed by atoms with van der Waals surface area (Å²) in [7, 11) is 0. The molecule has 0 atom stereocenters. The first-order valence-corrected chi connectivity index (χ1v) is 28.7. The predicted molar refractivity (Wildman–Crippen MR) is 280 cm³/mol. The van der Waals surface area contributed by atoms with E-state index >= 15 is 0 Å². The molecule has 0 aromatic heterocycles. The van der Waals surface area contributed by atoms with Gasteiger partial charge in [-0.3, -0.25) is 4.79 Å². The Balaban J connectivity index is 4.55. The van der Waals surface area contributed by atoms with Crippen LogP contribution in [0.15, 0.2) is 0 Å². The highest BCUT2D eigenvalue weighted by Crippen LogP contribution is 2.37. The lowest BCUT2D eigenvalue weighted by Crippen LogP contribution is -2.47. The minimum absolute atomic E-state index is 0.0669. The molecule has 3 heteroatoms. The van der Waals surface area contributed by atoms with E-state index in [1.165, 1.54) is 244 Å². The Bertz CT molecular complexity index is 896. The maximum Gasteiger partial charge on any atom is 0.220 e. The zero-order valence-electron chi connectivity index (χ0n) is 44.9. The zero-order valence-corrected chi connectivity index (χ0v) is 44.9. The zero-order chi connectivity index (χ0) is 46.1. The van der Waals surface area contributed by atoms with Gasteiger partial charge in [0.05, 0.1) is 5.60 Å². The molecule has 0 bridgehead atoms. The van der Waals surface area contributed by atoms with E-state index in [0.29, 0.717) is 18.3 Å². The first-order chi connectivity index (χ1) is 29.7. The third kappa shape index (κ3) is 44.6. The van der Waals surface area contributed by atoms with Gasteiger partial charge >= 0.3 is 0 Å². The van der Waals surface area contributed by atoms with Crippen molar-refractivity contribution in [3.63, 3.8) is 0 Å². The van der Waals surface area contributed by atoms with Gasteiger partial charge in [0.2, 0.25) is 5.91 Å². The summed E-state index contributed by atoms with van der Waals surface area (Å²) in [6, 6.07) is 0. The summed E-state index contributed by atoms with van der Waals surface area (Å²) in [5.74, 6) is 1.46. The second-order valence-electron chi connectivity index (χ2n) is 23.4. The number of hydrogen-bond acceptors (Lipinski definition) is 2. The van der Waals surface area contributed by atoms with Crippen LogP contribution in [0.5, 0.6) is 0 Å². The van der Waals surface area contributed by atoms with Crippen LogP contribution < -0.4 is 5.32 Å². The van der Waals surface area contributed by atoms with Gasteiger partial charge < -0.3 is 10.1 Å². The second-order valence-corrected chi connectivity index (χ2v) is 23.4. The van der Waals surface area contributed by atoms with Gasteiger partial charge in [-0.25, -0.2) is 0 Å².